The smallest absolute Gasteiger partial charge is 0.155 e. The molecule has 3 rings (SSSR count). The summed E-state index contributed by atoms with van der Waals surface area (Å²) in [5, 5.41) is 4.14. The topological polar surface area (TPSA) is 42.7 Å². The minimum Gasteiger partial charge on any atom is -0.375 e. The molecule has 3 heterocycles. The van der Waals surface area contributed by atoms with Gasteiger partial charge in [0.15, 0.2) is 5.65 Å². The molecule has 1 fully saturated rings. The zero-order valence-electron chi connectivity index (χ0n) is 9.21. The Labute approximate surface area is 93.6 Å². The van der Waals surface area contributed by atoms with Crippen molar-refractivity contribution in [1.29, 1.82) is 0 Å². The third-order valence-corrected chi connectivity index (χ3v) is 2.86. The van der Waals surface area contributed by atoms with Gasteiger partial charge in [-0.25, -0.2) is 9.50 Å². The number of rotatable bonds is 1. The largest absolute Gasteiger partial charge is 0.375 e. The molecule has 1 atom stereocenters. The average molecular weight is 218 g/mol. The van der Waals surface area contributed by atoms with Gasteiger partial charge in [0.1, 0.15) is 6.33 Å². The van der Waals surface area contributed by atoms with Crippen LogP contribution < -0.4 is 4.90 Å². The highest BCUT2D eigenvalue weighted by Crippen LogP contribution is 2.17. The number of nitrogens with zero attached hydrogens (tertiary/aromatic N) is 4. The van der Waals surface area contributed by atoms with Crippen molar-refractivity contribution in [3.05, 3.63) is 24.7 Å². The summed E-state index contributed by atoms with van der Waals surface area (Å²) < 4.78 is 7.33. The number of hydrogen-bond acceptors (Lipinski definition) is 4. The summed E-state index contributed by atoms with van der Waals surface area (Å²) in [5.74, 6) is 0. The Bertz CT molecular complexity index is 495. The predicted molar refractivity (Wildman–Crippen MR) is 60.6 cm³/mol. The van der Waals surface area contributed by atoms with Crippen LogP contribution in [0.5, 0.6) is 0 Å². The summed E-state index contributed by atoms with van der Waals surface area (Å²) in [4.78, 5) is 6.44. The van der Waals surface area contributed by atoms with Crippen LogP contribution in [0.15, 0.2) is 24.7 Å². The van der Waals surface area contributed by atoms with Gasteiger partial charge in [-0.05, 0) is 19.1 Å². The molecule has 5 nitrogen and oxygen atoms in total. The predicted octanol–water partition coefficient (Wildman–Crippen LogP) is 0.954. The van der Waals surface area contributed by atoms with Crippen LogP contribution >= 0.6 is 0 Å². The molecule has 0 spiro atoms. The number of morpholine rings is 1. The maximum atomic E-state index is 5.53. The fraction of sp³-hybridized carbons (Fsp3) is 0.455. The Morgan fingerprint density at radius 2 is 2.38 bits per heavy atom. The minimum absolute atomic E-state index is 0.292. The molecule has 1 aliphatic rings. The molecule has 0 bridgehead atoms. The Kier molecular flexibility index (Phi) is 2.25. The third-order valence-electron chi connectivity index (χ3n) is 2.86. The standard InChI is InChI=1S/C11H14N4O/c1-9-6-14(4-5-16-9)10-2-3-11-12-8-13-15(11)7-10/h2-3,7-9H,4-6H2,1H3/t9-/m0/s1. The summed E-state index contributed by atoms with van der Waals surface area (Å²) >= 11 is 0. The van der Waals surface area contributed by atoms with E-state index >= 15 is 0 Å². The highest BCUT2D eigenvalue weighted by atomic mass is 16.5. The summed E-state index contributed by atoms with van der Waals surface area (Å²) in [5.41, 5.74) is 2.05. The first-order chi connectivity index (χ1) is 7.83. The monoisotopic (exact) mass is 218 g/mol. The molecule has 5 heteroatoms. The van der Waals surface area contributed by atoms with Crippen molar-refractivity contribution in [2.24, 2.45) is 0 Å². The van der Waals surface area contributed by atoms with Crippen molar-refractivity contribution in [3.8, 4) is 0 Å². The van der Waals surface area contributed by atoms with Gasteiger partial charge >= 0.3 is 0 Å². The summed E-state index contributed by atoms with van der Waals surface area (Å²) in [6, 6.07) is 4.07. The molecular weight excluding hydrogens is 204 g/mol. The first-order valence-corrected chi connectivity index (χ1v) is 5.49. The normalized spacial score (nSPS) is 21.6. The lowest BCUT2D eigenvalue weighted by atomic mass is 10.2. The fourth-order valence-electron chi connectivity index (χ4n) is 2.05. The highest BCUT2D eigenvalue weighted by molar-refractivity contribution is 5.51. The van der Waals surface area contributed by atoms with Gasteiger partial charge in [-0.3, -0.25) is 0 Å². The van der Waals surface area contributed by atoms with Crippen molar-refractivity contribution in [2.75, 3.05) is 24.6 Å². The molecule has 1 aliphatic heterocycles. The van der Waals surface area contributed by atoms with E-state index in [2.05, 4.69) is 28.0 Å². The summed E-state index contributed by atoms with van der Waals surface area (Å²) in [6.45, 7) is 4.75. The van der Waals surface area contributed by atoms with Crippen molar-refractivity contribution >= 4 is 11.3 Å². The maximum Gasteiger partial charge on any atom is 0.155 e. The van der Waals surface area contributed by atoms with E-state index in [1.54, 1.807) is 10.8 Å². The van der Waals surface area contributed by atoms with Crippen LogP contribution in [0.4, 0.5) is 5.69 Å². The first-order valence-electron chi connectivity index (χ1n) is 5.49. The highest BCUT2D eigenvalue weighted by Gasteiger charge is 2.17. The van der Waals surface area contributed by atoms with Crippen LogP contribution in [-0.4, -0.2) is 40.4 Å². The Hall–Kier alpha value is -1.62. The molecule has 0 aromatic carbocycles. The second-order valence-electron chi connectivity index (χ2n) is 4.08. The van der Waals surface area contributed by atoms with Gasteiger partial charge in [-0.2, -0.15) is 5.10 Å². The van der Waals surface area contributed by atoms with Crippen LogP contribution in [0.3, 0.4) is 0 Å². The van der Waals surface area contributed by atoms with Gasteiger partial charge in [-0.15, -0.1) is 0 Å². The molecule has 16 heavy (non-hydrogen) atoms. The van der Waals surface area contributed by atoms with Crippen LogP contribution in [0.1, 0.15) is 6.92 Å². The lowest BCUT2D eigenvalue weighted by Crippen LogP contribution is -2.41. The summed E-state index contributed by atoms with van der Waals surface area (Å²) in [6.07, 6.45) is 3.88. The van der Waals surface area contributed by atoms with E-state index in [4.69, 9.17) is 4.74 Å². The SMILES string of the molecule is C[C@H]1CN(c2ccc3ncnn3c2)CCO1. The van der Waals surface area contributed by atoms with Crippen molar-refractivity contribution < 1.29 is 4.74 Å². The van der Waals surface area contributed by atoms with E-state index < -0.39 is 0 Å². The van der Waals surface area contributed by atoms with Gasteiger partial charge in [0.05, 0.1) is 24.6 Å². The minimum atomic E-state index is 0.292. The molecule has 84 valence electrons. The van der Waals surface area contributed by atoms with E-state index in [0.29, 0.717) is 6.10 Å². The zero-order valence-corrected chi connectivity index (χ0v) is 9.21. The Balaban J connectivity index is 1.92. The average Bonchev–Trinajstić information content (AvgIpc) is 2.75. The van der Waals surface area contributed by atoms with Crippen molar-refractivity contribution in [1.82, 2.24) is 14.6 Å². The fourth-order valence-corrected chi connectivity index (χ4v) is 2.05. The molecule has 0 amide bonds. The molecule has 2 aromatic heterocycles. The third kappa shape index (κ3) is 1.63. The number of aromatic nitrogens is 3. The Morgan fingerprint density at radius 1 is 1.44 bits per heavy atom. The molecule has 0 saturated carbocycles. The quantitative estimate of drug-likeness (QED) is 0.715. The van der Waals surface area contributed by atoms with E-state index in [-0.39, 0.29) is 0 Å². The first kappa shape index (κ1) is 9.59. The van der Waals surface area contributed by atoms with Gasteiger partial charge in [0.2, 0.25) is 0 Å². The lowest BCUT2D eigenvalue weighted by Gasteiger charge is -2.32. The van der Waals surface area contributed by atoms with Crippen LogP contribution in [0, 0.1) is 0 Å². The van der Waals surface area contributed by atoms with Crippen LogP contribution in [0.2, 0.25) is 0 Å². The van der Waals surface area contributed by atoms with Gasteiger partial charge in [-0.1, -0.05) is 0 Å². The molecule has 0 radical (unpaired) electrons. The van der Waals surface area contributed by atoms with Gasteiger partial charge in [0, 0.05) is 13.1 Å². The maximum absolute atomic E-state index is 5.53. The molecule has 1 saturated heterocycles. The number of pyridine rings is 1. The van der Waals surface area contributed by atoms with E-state index in [1.807, 2.05) is 12.3 Å². The Morgan fingerprint density at radius 3 is 3.25 bits per heavy atom. The summed E-state index contributed by atoms with van der Waals surface area (Å²) in [7, 11) is 0. The van der Waals surface area contributed by atoms with Crippen LogP contribution in [-0.2, 0) is 4.74 Å². The molecule has 0 N–H and O–H groups in total. The molecule has 0 unspecified atom stereocenters. The van der Waals surface area contributed by atoms with Crippen LogP contribution in [0.25, 0.3) is 5.65 Å². The zero-order chi connectivity index (χ0) is 11.0. The molecule has 0 aliphatic carbocycles. The number of hydrogen-bond donors (Lipinski definition) is 0. The van der Waals surface area contributed by atoms with E-state index in [0.717, 1.165) is 25.3 Å². The number of ether oxygens (including phenoxy) is 1. The van der Waals surface area contributed by atoms with Crippen molar-refractivity contribution in [3.63, 3.8) is 0 Å². The number of anilines is 1. The second kappa shape index (κ2) is 3.75. The number of fused-ring (bicyclic) bond motifs is 1. The van der Waals surface area contributed by atoms with Gasteiger partial charge in [0.25, 0.3) is 0 Å². The van der Waals surface area contributed by atoms with E-state index in [9.17, 15) is 0 Å². The van der Waals surface area contributed by atoms with Crippen molar-refractivity contribution in [2.45, 2.75) is 13.0 Å². The molecular formula is C11H14N4O. The molecule has 2 aromatic rings. The van der Waals surface area contributed by atoms with Gasteiger partial charge < -0.3 is 9.64 Å². The second-order valence-corrected chi connectivity index (χ2v) is 4.08. The lowest BCUT2D eigenvalue weighted by molar-refractivity contribution is 0.0532. The van der Waals surface area contributed by atoms with E-state index in [1.165, 1.54) is 5.69 Å².